The van der Waals surface area contributed by atoms with Crippen molar-refractivity contribution in [3.8, 4) is 5.75 Å². The van der Waals surface area contributed by atoms with Crippen molar-refractivity contribution in [2.75, 3.05) is 26.7 Å². The number of likely N-dealkylation sites (N-methyl/N-ethyl adjacent to an activating group) is 1. The highest BCUT2D eigenvalue weighted by Gasteiger charge is 2.29. The Balaban J connectivity index is 1.73. The Morgan fingerprint density at radius 2 is 1.96 bits per heavy atom. The zero-order valence-corrected chi connectivity index (χ0v) is 14.9. The number of ether oxygens (including phenoxy) is 1. The zero-order valence-electron chi connectivity index (χ0n) is 14.9. The van der Waals surface area contributed by atoms with E-state index in [0.29, 0.717) is 18.8 Å². The summed E-state index contributed by atoms with van der Waals surface area (Å²) in [5.74, 6) is 0.802. The Morgan fingerprint density at radius 1 is 1.20 bits per heavy atom. The van der Waals surface area contributed by atoms with Gasteiger partial charge in [-0.15, -0.1) is 0 Å². The first-order chi connectivity index (χ1) is 12.0. The normalized spacial score (nSPS) is 18.4. The molecule has 3 rings (SSSR count). The number of aromatic nitrogens is 2. The van der Waals surface area contributed by atoms with Crippen LogP contribution in [0.4, 0.5) is 0 Å². The molecule has 25 heavy (non-hydrogen) atoms. The molecule has 0 N–H and O–H groups in total. The predicted octanol–water partition coefficient (Wildman–Crippen LogP) is 2.39. The number of rotatable bonds is 4. The van der Waals surface area contributed by atoms with Crippen molar-refractivity contribution in [1.82, 2.24) is 19.8 Å². The monoisotopic (exact) mass is 340 g/mol. The molecular weight excluding hydrogens is 316 g/mol. The van der Waals surface area contributed by atoms with Crippen molar-refractivity contribution in [1.29, 1.82) is 0 Å². The number of piperazine rings is 1. The van der Waals surface area contributed by atoms with E-state index in [0.717, 1.165) is 12.3 Å². The molecule has 0 saturated carbocycles. The molecule has 1 amide bonds. The molecule has 2 aromatic rings. The number of hydrogen-bond acceptors (Lipinski definition) is 5. The lowest BCUT2D eigenvalue weighted by molar-refractivity contribution is 0.0540. The third-order valence-corrected chi connectivity index (χ3v) is 4.35. The van der Waals surface area contributed by atoms with Crippen LogP contribution in [-0.2, 0) is 0 Å². The molecule has 1 aliphatic heterocycles. The first kappa shape index (κ1) is 17.4. The molecule has 0 unspecified atom stereocenters. The summed E-state index contributed by atoms with van der Waals surface area (Å²) in [6.45, 7) is 6.17. The van der Waals surface area contributed by atoms with Crippen molar-refractivity contribution < 1.29 is 9.53 Å². The Morgan fingerprint density at radius 3 is 2.60 bits per heavy atom. The molecule has 6 nitrogen and oxygen atoms in total. The van der Waals surface area contributed by atoms with Gasteiger partial charge in [0.25, 0.3) is 5.91 Å². The van der Waals surface area contributed by atoms with E-state index in [2.05, 4.69) is 34.0 Å². The number of nitrogens with zero attached hydrogens (tertiary/aromatic N) is 4. The molecule has 1 saturated heterocycles. The number of carbonyl (C=O) groups is 1. The fraction of sp³-hybridized carbons (Fsp3) is 0.421. The summed E-state index contributed by atoms with van der Waals surface area (Å²) in [5, 5.41) is 0. The Hall–Kier alpha value is -2.47. The maximum Gasteiger partial charge on any atom is 0.274 e. The first-order valence-corrected chi connectivity index (χ1v) is 8.56. The summed E-state index contributed by atoms with van der Waals surface area (Å²) >= 11 is 0. The summed E-state index contributed by atoms with van der Waals surface area (Å²) < 4.78 is 5.71. The van der Waals surface area contributed by atoms with Gasteiger partial charge in [-0.1, -0.05) is 12.1 Å². The van der Waals surface area contributed by atoms with Crippen molar-refractivity contribution in [3.05, 3.63) is 54.1 Å². The molecule has 1 aromatic carbocycles. The van der Waals surface area contributed by atoms with E-state index in [4.69, 9.17) is 4.74 Å². The van der Waals surface area contributed by atoms with Crippen LogP contribution in [0.2, 0.25) is 0 Å². The number of carbonyl (C=O) groups excluding carboxylic acids is 1. The molecule has 0 aliphatic carbocycles. The minimum atomic E-state index is -0.0639. The molecule has 1 aliphatic rings. The van der Waals surface area contributed by atoms with Crippen LogP contribution in [-0.4, -0.2) is 58.5 Å². The third-order valence-electron chi connectivity index (χ3n) is 4.35. The van der Waals surface area contributed by atoms with Crippen LogP contribution in [0, 0.1) is 0 Å². The van der Waals surface area contributed by atoms with Gasteiger partial charge in [0.2, 0.25) is 0 Å². The van der Waals surface area contributed by atoms with Gasteiger partial charge in [0, 0.05) is 32.0 Å². The van der Waals surface area contributed by atoms with Crippen LogP contribution >= 0.6 is 0 Å². The molecule has 1 fully saturated rings. The molecule has 0 bridgehead atoms. The highest BCUT2D eigenvalue weighted by molar-refractivity contribution is 5.92. The topological polar surface area (TPSA) is 58.6 Å². The standard InChI is InChI=1S/C19H24N4O2/c1-14(2)25-16-6-4-15(5-7-16)18-13-23(11-10-22(18)3)19(24)17-12-20-8-9-21-17/h4-9,12,14,18H,10-11,13H2,1-3H3/t18-/m0/s1. The fourth-order valence-corrected chi connectivity index (χ4v) is 3.03. The van der Waals surface area contributed by atoms with Crippen LogP contribution in [0.3, 0.4) is 0 Å². The molecular formula is C19H24N4O2. The minimum absolute atomic E-state index is 0.0639. The third kappa shape index (κ3) is 4.14. The molecule has 132 valence electrons. The van der Waals surface area contributed by atoms with Crippen molar-refractivity contribution in [3.63, 3.8) is 0 Å². The Bertz CT molecular complexity index is 703. The quantitative estimate of drug-likeness (QED) is 0.855. The Kier molecular flexibility index (Phi) is 5.28. The van der Waals surface area contributed by atoms with Crippen molar-refractivity contribution >= 4 is 5.91 Å². The van der Waals surface area contributed by atoms with Crippen LogP contribution in [0.5, 0.6) is 5.75 Å². The summed E-state index contributed by atoms with van der Waals surface area (Å²) in [5.41, 5.74) is 1.57. The van der Waals surface area contributed by atoms with E-state index in [9.17, 15) is 4.79 Å². The molecule has 2 heterocycles. The van der Waals surface area contributed by atoms with Gasteiger partial charge in [-0.2, -0.15) is 0 Å². The lowest BCUT2D eigenvalue weighted by Gasteiger charge is -2.39. The second kappa shape index (κ2) is 7.61. The van der Waals surface area contributed by atoms with E-state index in [1.807, 2.05) is 30.9 Å². The van der Waals surface area contributed by atoms with Gasteiger partial charge in [0.1, 0.15) is 11.4 Å². The lowest BCUT2D eigenvalue weighted by atomic mass is 10.0. The summed E-state index contributed by atoms with van der Waals surface area (Å²) in [7, 11) is 2.09. The molecule has 0 radical (unpaired) electrons. The average molecular weight is 340 g/mol. The number of hydrogen-bond donors (Lipinski definition) is 0. The molecule has 0 spiro atoms. The van der Waals surface area contributed by atoms with Crippen molar-refractivity contribution in [2.24, 2.45) is 0 Å². The highest BCUT2D eigenvalue weighted by atomic mass is 16.5. The predicted molar refractivity (Wildman–Crippen MR) is 95.5 cm³/mol. The van der Waals surface area contributed by atoms with Gasteiger partial charge in [-0.3, -0.25) is 14.7 Å². The second-order valence-electron chi connectivity index (χ2n) is 6.57. The molecule has 1 atom stereocenters. The maximum atomic E-state index is 12.6. The molecule has 1 aromatic heterocycles. The van der Waals surface area contributed by atoms with Crippen molar-refractivity contribution in [2.45, 2.75) is 26.0 Å². The fourth-order valence-electron chi connectivity index (χ4n) is 3.03. The second-order valence-corrected chi connectivity index (χ2v) is 6.57. The lowest BCUT2D eigenvalue weighted by Crippen LogP contribution is -2.49. The maximum absolute atomic E-state index is 12.6. The smallest absolute Gasteiger partial charge is 0.274 e. The van der Waals surface area contributed by atoms with Gasteiger partial charge in [-0.05, 0) is 38.6 Å². The van der Waals surface area contributed by atoms with Gasteiger partial charge in [0.05, 0.1) is 18.3 Å². The minimum Gasteiger partial charge on any atom is -0.491 e. The molecule has 6 heteroatoms. The van der Waals surface area contributed by atoms with Crippen LogP contribution in [0.25, 0.3) is 0 Å². The van der Waals surface area contributed by atoms with Gasteiger partial charge in [0.15, 0.2) is 0 Å². The average Bonchev–Trinajstić information content (AvgIpc) is 2.63. The summed E-state index contributed by atoms with van der Waals surface area (Å²) in [4.78, 5) is 24.9. The summed E-state index contributed by atoms with van der Waals surface area (Å²) in [6.07, 6.45) is 4.80. The van der Waals surface area contributed by atoms with Crippen LogP contribution in [0.15, 0.2) is 42.9 Å². The van der Waals surface area contributed by atoms with Gasteiger partial charge >= 0.3 is 0 Å². The van der Waals surface area contributed by atoms with Gasteiger partial charge < -0.3 is 9.64 Å². The highest BCUT2D eigenvalue weighted by Crippen LogP contribution is 2.26. The summed E-state index contributed by atoms with van der Waals surface area (Å²) in [6, 6.07) is 8.30. The van der Waals surface area contributed by atoms with E-state index in [1.54, 1.807) is 12.4 Å². The number of benzene rings is 1. The van der Waals surface area contributed by atoms with E-state index < -0.39 is 0 Å². The first-order valence-electron chi connectivity index (χ1n) is 8.56. The SMILES string of the molecule is CC(C)Oc1ccc([C@@H]2CN(C(=O)c3cnccn3)CCN2C)cc1. The largest absolute Gasteiger partial charge is 0.491 e. The van der Waals surface area contributed by atoms with Crippen LogP contribution < -0.4 is 4.74 Å². The zero-order chi connectivity index (χ0) is 17.8. The van der Waals surface area contributed by atoms with E-state index in [-0.39, 0.29) is 18.1 Å². The Labute approximate surface area is 148 Å². The van der Waals surface area contributed by atoms with Crippen LogP contribution in [0.1, 0.15) is 35.9 Å². The van der Waals surface area contributed by atoms with Gasteiger partial charge in [-0.25, -0.2) is 4.98 Å². The van der Waals surface area contributed by atoms with E-state index in [1.165, 1.54) is 11.8 Å². The number of amides is 1. The van der Waals surface area contributed by atoms with E-state index >= 15 is 0 Å².